The standard InChI is InChI=1S/C7H9NO3/c1-5-4-6(9)2-3-7(5)8(10)11/h4,9H,2-3H2,1H3. The Morgan fingerprint density at radius 2 is 2.27 bits per heavy atom. The van der Waals surface area contributed by atoms with E-state index in [4.69, 9.17) is 5.11 Å². The van der Waals surface area contributed by atoms with Crippen LogP contribution in [-0.4, -0.2) is 10.0 Å². The largest absolute Gasteiger partial charge is 0.512 e. The predicted octanol–water partition coefficient (Wildman–Crippen LogP) is 1.77. The zero-order chi connectivity index (χ0) is 8.43. The minimum absolute atomic E-state index is 0.211. The smallest absolute Gasteiger partial charge is 0.249 e. The Kier molecular flexibility index (Phi) is 1.94. The van der Waals surface area contributed by atoms with Crippen molar-refractivity contribution in [1.82, 2.24) is 0 Å². The summed E-state index contributed by atoms with van der Waals surface area (Å²) < 4.78 is 0. The second-order valence-corrected chi connectivity index (χ2v) is 2.52. The summed E-state index contributed by atoms with van der Waals surface area (Å²) in [6.45, 7) is 1.63. The van der Waals surface area contributed by atoms with E-state index in [9.17, 15) is 10.1 Å². The lowest BCUT2D eigenvalue weighted by Gasteiger charge is -2.07. The van der Waals surface area contributed by atoms with Crippen molar-refractivity contribution >= 4 is 0 Å². The highest BCUT2D eigenvalue weighted by atomic mass is 16.6. The molecule has 1 N–H and O–H groups in total. The highest BCUT2D eigenvalue weighted by Gasteiger charge is 2.18. The molecule has 11 heavy (non-hydrogen) atoms. The molecule has 1 rings (SSSR count). The Morgan fingerprint density at radius 3 is 2.73 bits per heavy atom. The number of nitro groups is 1. The minimum atomic E-state index is -0.391. The van der Waals surface area contributed by atoms with Crippen LogP contribution in [-0.2, 0) is 0 Å². The molecule has 0 saturated heterocycles. The fourth-order valence-electron chi connectivity index (χ4n) is 1.08. The average molecular weight is 155 g/mol. The molecule has 4 nitrogen and oxygen atoms in total. The van der Waals surface area contributed by atoms with Gasteiger partial charge in [-0.15, -0.1) is 0 Å². The van der Waals surface area contributed by atoms with Crippen molar-refractivity contribution in [3.63, 3.8) is 0 Å². The first-order valence-corrected chi connectivity index (χ1v) is 3.35. The lowest BCUT2D eigenvalue weighted by Crippen LogP contribution is -2.05. The third-order valence-electron chi connectivity index (χ3n) is 1.68. The van der Waals surface area contributed by atoms with Crippen molar-refractivity contribution in [1.29, 1.82) is 0 Å². The molecule has 1 aliphatic rings. The number of hydrogen-bond acceptors (Lipinski definition) is 3. The number of nitrogens with zero attached hydrogens (tertiary/aromatic N) is 1. The minimum Gasteiger partial charge on any atom is -0.512 e. The average Bonchev–Trinajstić information content (AvgIpc) is 1.85. The van der Waals surface area contributed by atoms with Crippen LogP contribution in [0.4, 0.5) is 0 Å². The molecule has 0 aromatic rings. The van der Waals surface area contributed by atoms with Gasteiger partial charge in [-0.1, -0.05) is 0 Å². The first-order valence-electron chi connectivity index (χ1n) is 3.35. The van der Waals surface area contributed by atoms with E-state index in [0.717, 1.165) is 0 Å². The van der Waals surface area contributed by atoms with Gasteiger partial charge in [0.15, 0.2) is 0 Å². The van der Waals surface area contributed by atoms with Crippen molar-refractivity contribution in [2.75, 3.05) is 0 Å². The zero-order valence-electron chi connectivity index (χ0n) is 6.20. The Bertz CT molecular complexity index is 252. The van der Waals surface area contributed by atoms with E-state index in [1.165, 1.54) is 6.08 Å². The summed E-state index contributed by atoms with van der Waals surface area (Å²) in [5.74, 6) is 0.230. The topological polar surface area (TPSA) is 63.4 Å². The molecule has 0 fully saturated rings. The molecule has 0 atom stereocenters. The third kappa shape index (κ3) is 1.58. The van der Waals surface area contributed by atoms with Gasteiger partial charge in [0.2, 0.25) is 5.70 Å². The van der Waals surface area contributed by atoms with E-state index in [0.29, 0.717) is 18.4 Å². The molecule has 0 spiro atoms. The SMILES string of the molecule is CC1=C([N+](=O)[O-])CCC(O)=C1. The van der Waals surface area contributed by atoms with Crippen LogP contribution in [0.2, 0.25) is 0 Å². The van der Waals surface area contributed by atoms with Crippen LogP contribution in [0.5, 0.6) is 0 Å². The van der Waals surface area contributed by atoms with Gasteiger partial charge in [0.25, 0.3) is 0 Å². The molecule has 0 bridgehead atoms. The molecule has 0 aliphatic heterocycles. The van der Waals surface area contributed by atoms with Crippen molar-refractivity contribution in [2.45, 2.75) is 19.8 Å². The monoisotopic (exact) mass is 155 g/mol. The quantitative estimate of drug-likeness (QED) is 0.463. The van der Waals surface area contributed by atoms with Crippen LogP contribution in [0, 0.1) is 10.1 Å². The zero-order valence-corrected chi connectivity index (χ0v) is 6.20. The maximum atomic E-state index is 10.3. The molecule has 1 aliphatic carbocycles. The lowest BCUT2D eigenvalue weighted by molar-refractivity contribution is -0.429. The maximum absolute atomic E-state index is 10.3. The van der Waals surface area contributed by atoms with E-state index < -0.39 is 4.92 Å². The van der Waals surface area contributed by atoms with E-state index >= 15 is 0 Å². The molecule has 60 valence electrons. The molecule has 0 amide bonds. The molecule has 0 unspecified atom stereocenters. The molecular weight excluding hydrogens is 146 g/mol. The number of hydrogen-bond donors (Lipinski definition) is 1. The number of rotatable bonds is 1. The van der Waals surface area contributed by atoms with E-state index in [-0.39, 0.29) is 11.5 Å². The van der Waals surface area contributed by atoms with Crippen LogP contribution in [0.1, 0.15) is 19.8 Å². The molecule has 0 saturated carbocycles. The summed E-state index contributed by atoms with van der Waals surface area (Å²) in [6.07, 6.45) is 2.16. The van der Waals surface area contributed by atoms with Crippen LogP contribution in [0.25, 0.3) is 0 Å². The summed E-state index contributed by atoms with van der Waals surface area (Å²) in [7, 11) is 0. The third-order valence-corrected chi connectivity index (χ3v) is 1.68. The molecule has 0 aromatic heterocycles. The first-order chi connectivity index (χ1) is 5.11. The Balaban J connectivity index is 2.95. The highest BCUT2D eigenvalue weighted by Crippen LogP contribution is 2.22. The van der Waals surface area contributed by atoms with Crippen molar-refractivity contribution in [3.05, 3.63) is 33.2 Å². The van der Waals surface area contributed by atoms with E-state index in [1.54, 1.807) is 6.92 Å². The Hall–Kier alpha value is -1.32. The van der Waals surface area contributed by atoms with Crippen molar-refractivity contribution < 1.29 is 10.0 Å². The van der Waals surface area contributed by atoms with Crippen molar-refractivity contribution in [2.24, 2.45) is 0 Å². The fraction of sp³-hybridized carbons (Fsp3) is 0.429. The summed E-state index contributed by atoms with van der Waals surface area (Å²) in [5, 5.41) is 19.3. The molecule has 4 heteroatoms. The van der Waals surface area contributed by atoms with Gasteiger partial charge < -0.3 is 5.11 Å². The van der Waals surface area contributed by atoms with Gasteiger partial charge in [0, 0.05) is 18.4 Å². The van der Waals surface area contributed by atoms with Crippen LogP contribution < -0.4 is 0 Å². The van der Waals surface area contributed by atoms with Gasteiger partial charge in [0.05, 0.1) is 10.7 Å². The first kappa shape index (κ1) is 7.78. The lowest BCUT2D eigenvalue weighted by atomic mass is 10.0. The van der Waals surface area contributed by atoms with Gasteiger partial charge in [-0.2, -0.15) is 0 Å². The highest BCUT2D eigenvalue weighted by molar-refractivity contribution is 5.25. The molecule has 0 heterocycles. The van der Waals surface area contributed by atoms with Crippen LogP contribution in [0.15, 0.2) is 23.1 Å². The predicted molar refractivity (Wildman–Crippen MR) is 39.6 cm³/mol. The second kappa shape index (κ2) is 2.74. The van der Waals surface area contributed by atoms with E-state index in [1.807, 2.05) is 0 Å². The number of allylic oxidation sites excluding steroid dienone is 4. The Labute approximate surface area is 64.0 Å². The molecule has 0 aromatic carbocycles. The van der Waals surface area contributed by atoms with Gasteiger partial charge in [-0.3, -0.25) is 10.1 Å². The van der Waals surface area contributed by atoms with Gasteiger partial charge in [0.1, 0.15) is 0 Å². The summed E-state index contributed by atoms with van der Waals surface area (Å²) in [5.41, 5.74) is 0.765. The van der Waals surface area contributed by atoms with Crippen LogP contribution in [0.3, 0.4) is 0 Å². The normalized spacial score (nSPS) is 18.1. The molecule has 0 radical (unpaired) electrons. The van der Waals surface area contributed by atoms with Gasteiger partial charge in [-0.25, -0.2) is 0 Å². The molecular formula is C7H9NO3. The summed E-state index contributed by atoms with van der Waals surface area (Å²) in [6, 6.07) is 0. The number of aliphatic hydroxyl groups excluding tert-OH is 1. The number of aliphatic hydroxyl groups is 1. The summed E-state index contributed by atoms with van der Waals surface area (Å²) >= 11 is 0. The second-order valence-electron chi connectivity index (χ2n) is 2.52. The van der Waals surface area contributed by atoms with Gasteiger partial charge >= 0.3 is 0 Å². The van der Waals surface area contributed by atoms with Crippen LogP contribution >= 0.6 is 0 Å². The Morgan fingerprint density at radius 1 is 1.64 bits per heavy atom. The van der Waals surface area contributed by atoms with Gasteiger partial charge in [-0.05, 0) is 13.0 Å². The fourth-order valence-corrected chi connectivity index (χ4v) is 1.08. The van der Waals surface area contributed by atoms with E-state index in [2.05, 4.69) is 0 Å². The van der Waals surface area contributed by atoms with Crippen molar-refractivity contribution in [3.8, 4) is 0 Å². The maximum Gasteiger partial charge on any atom is 0.249 e. The summed E-state index contributed by atoms with van der Waals surface area (Å²) in [4.78, 5) is 9.92.